The van der Waals surface area contributed by atoms with Gasteiger partial charge in [0.1, 0.15) is 11.6 Å². The Labute approximate surface area is 134 Å². The third-order valence-corrected chi connectivity index (χ3v) is 3.28. The molecule has 0 atom stereocenters. The smallest absolute Gasteiger partial charge is 0.410 e. The van der Waals surface area contributed by atoms with E-state index in [-0.39, 0.29) is 11.6 Å². The van der Waals surface area contributed by atoms with Gasteiger partial charge in [-0.15, -0.1) is 0 Å². The van der Waals surface area contributed by atoms with E-state index >= 15 is 0 Å². The summed E-state index contributed by atoms with van der Waals surface area (Å²) in [6.07, 6.45) is 0.278. The Morgan fingerprint density at radius 2 is 2.00 bits per heavy atom. The lowest BCUT2D eigenvalue weighted by atomic mass is 10.1. The van der Waals surface area contributed by atoms with Crippen LogP contribution in [0.3, 0.4) is 0 Å². The van der Waals surface area contributed by atoms with Crippen LogP contribution in [0.5, 0.6) is 0 Å². The summed E-state index contributed by atoms with van der Waals surface area (Å²) in [6.45, 7) is 0. The highest BCUT2D eigenvalue weighted by molar-refractivity contribution is 6.31. The molecule has 0 fully saturated rings. The maximum absolute atomic E-state index is 13.9. The van der Waals surface area contributed by atoms with Crippen molar-refractivity contribution >= 4 is 45.9 Å². The van der Waals surface area contributed by atoms with Crippen LogP contribution in [0.2, 0.25) is 5.02 Å². The van der Waals surface area contributed by atoms with Crippen LogP contribution < -0.4 is 10.6 Å². The monoisotopic (exact) mass is 332 g/mol. The molecule has 2 heterocycles. The second kappa shape index (κ2) is 6.05. The lowest BCUT2D eigenvalue weighted by molar-refractivity contribution is 0.209. The Balaban J connectivity index is 2.02. The van der Waals surface area contributed by atoms with Crippen molar-refractivity contribution in [2.75, 3.05) is 10.6 Å². The van der Waals surface area contributed by atoms with Gasteiger partial charge < -0.3 is 10.4 Å². The van der Waals surface area contributed by atoms with E-state index in [0.717, 1.165) is 11.5 Å². The lowest BCUT2D eigenvalue weighted by Crippen LogP contribution is -2.10. The number of rotatable bonds is 3. The van der Waals surface area contributed by atoms with Crippen LogP contribution in [0.25, 0.3) is 10.8 Å². The first-order valence-electron chi connectivity index (χ1n) is 6.51. The Bertz CT molecular complexity index is 904. The zero-order valence-electron chi connectivity index (χ0n) is 11.5. The summed E-state index contributed by atoms with van der Waals surface area (Å²) in [5.74, 6) is -0.415. The minimum atomic E-state index is -1.29. The highest BCUT2D eigenvalue weighted by Crippen LogP contribution is 2.27. The highest BCUT2D eigenvalue weighted by Gasteiger charge is 2.10. The molecule has 3 rings (SSSR count). The van der Waals surface area contributed by atoms with E-state index in [2.05, 4.69) is 20.6 Å². The van der Waals surface area contributed by atoms with Gasteiger partial charge >= 0.3 is 6.09 Å². The van der Waals surface area contributed by atoms with Gasteiger partial charge in [-0.05, 0) is 35.7 Å². The quantitative estimate of drug-likeness (QED) is 0.667. The largest absolute Gasteiger partial charge is 0.465 e. The number of pyridine rings is 2. The lowest BCUT2D eigenvalue weighted by Gasteiger charge is -2.10. The Hall–Kier alpha value is -2.93. The summed E-state index contributed by atoms with van der Waals surface area (Å²) in [6, 6.07) is 9.38. The van der Waals surface area contributed by atoms with Gasteiger partial charge in [-0.25, -0.2) is 19.2 Å². The third-order valence-electron chi connectivity index (χ3n) is 3.05. The molecule has 0 aliphatic rings. The molecule has 8 heteroatoms. The predicted octanol–water partition coefficient (Wildman–Crippen LogP) is 4.26. The number of benzene rings is 1. The average Bonchev–Trinajstić information content (AvgIpc) is 2.50. The molecule has 0 spiro atoms. The number of amides is 1. The van der Waals surface area contributed by atoms with Gasteiger partial charge in [0.15, 0.2) is 11.6 Å². The van der Waals surface area contributed by atoms with E-state index in [4.69, 9.17) is 16.7 Å². The van der Waals surface area contributed by atoms with Gasteiger partial charge in [0.2, 0.25) is 0 Å². The summed E-state index contributed by atoms with van der Waals surface area (Å²) in [4.78, 5) is 18.7. The summed E-state index contributed by atoms with van der Waals surface area (Å²) in [7, 11) is 0. The maximum atomic E-state index is 13.9. The molecule has 0 saturated heterocycles. The van der Waals surface area contributed by atoms with Crippen molar-refractivity contribution in [2.24, 2.45) is 0 Å². The van der Waals surface area contributed by atoms with E-state index in [1.807, 2.05) is 6.07 Å². The van der Waals surface area contributed by atoms with E-state index in [9.17, 15) is 9.18 Å². The fourth-order valence-electron chi connectivity index (χ4n) is 2.06. The zero-order valence-corrected chi connectivity index (χ0v) is 12.3. The molecule has 3 aromatic rings. The summed E-state index contributed by atoms with van der Waals surface area (Å²) < 4.78 is 13.9. The standard InChI is InChI=1S/C15H10ClFN4O2/c16-9-2-1-8-5-6-18-13(10(8)7-9)21-14-11(17)3-4-12(19-14)20-15(22)23/h1-7H,(H,22,23)(H2,18,19,20,21). The maximum Gasteiger partial charge on any atom is 0.410 e. The van der Waals surface area contributed by atoms with Crippen molar-refractivity contribution in [3.63, 3.8) is 0 Å². The van der Waals surface area contributed by atoms with Gasteiger partial charge in [0.05, 0.1) is 0 Å². The van der Waals surface area contributed by atoms with E-state index in [0.29, 0.717) is 16.2 Å². The molecule has 116 valence electrons. The van der Waals surface area contributed by atoms with Crippen molar-refractivity contribution in [3.8, 4) is 0 Å². The molecule has 23 heavy (non-hydrogen) atoms. The zero-order chi connectivity index (χ0) is 16.4. The molecule has 0 unspecified atom stereocenters. The number of nitrogens with one attached hydrogen (secondary N) is 2. The van der Waals surface area contributed by atoms with Crippen LogP contribution in [-0.2, 0) is 0 Å². The average molecular weight is 333 g/mol. The molecule has 0 aliphatic carbocycles. The number of aromatic nitrogens is 2. The van der Waals surface area contributed by atoms with Crippen LogP contribution in [0.1, 0.15) is 0 Å². The second-order valence-corrected chi connectivity index (χ2v) is 5.04. The molecule has 2 aromatic heterocycles. The SMILES string of the molecule is O=C(O)Nc1ccc(F)c(Nc2nccc3ccc(Cl)cc23)n1. The Morgan fingerprint density at radius 3 is 2.78 bits per heavy atom. The first kappa shape index (κ1) is 15.0. The van der Waals surface area contributed by atoms with Crippen LogP contribution >= 0.6 is 11.6 Å². The number of carbonyl (C=O) groups is 1. The Morgan fingerprint density at radius 1 is 1.17 bits per heavy atom. The van der Waals surface area contributed by atoms with Gasteiger partial charge in [-0.1, -0.05) is 17.7 Å². The van der Waals surface area contributed by atoms with Crippen molar-refractivity contribution in [3.05, 3.63) is 53.4 Å². The topological polar surface area (TPSA) is 87.1 Å². The summed E-state index contributed by atoms with van der Waals surface area (Å²) >= 11 is 5.99. The molecular weight excluding hydrogens is 323 g/mol. The number of halogens is 2. The second-order valence-electron chi connectivity index (χ2n) is 4.61. The number of nitrogens with zero attached hydrogens (tertiary/aromatic N) is 2. The van der Waals surface area contributed by atoms with Crippen LogP contribution in [0.15, 0.2) is 42.6 Å². The molecule has 0 saturated carbocycles. The molecular formula is C15H10ClFN4O2. The fourth-order valence-corrected chi connectivity index (χ4v) is 2.23. The number of fused-ring (bicyclic) bond motifs is 1. The number of anilines is 3. The van der Waals surface area contributed by atoms with Crippen molar-refractivity contribution in [2.45, 2.75) is 0 Å². The van der Waals surface area contributed by atoms with Crippen molar-refractivity contribution < 1.29 is 14.3 Å². The van der Waals surface area contributed by atoms with Gasteiger partial charge in [0.25, 0.3) is 0 Å². The number of hydrogen-bond donors (Lipinski definition) is 3. The summed E-state index contributed by atoms with van der Waals surface area (Å²) in [5, 5.41) is 15.6. The fraction of sp³-hybridized carbons (Fsp3) is 0. The van der Waals surface area contributed by atoms with Gasteiger partial charge in [-0.3, -0.25) is 5.32 Å². The predicted molar refractivity (Wildman–Crippen MR) is 85.9 cm³/mol. The minimum absolute atomic E-state index is 0.000306. The number of hydrogen-bond acceptors (Lipinski definition) is 4. The van der Waals surface area contributed by atoms with Crippen LogP contribution in [-0.4, -0.2) is 21.2 Å². The van der Waals surface area contributed by atoms with E-state index in [1.165, 1.54) is 6.07 Å². The Kier molecular flexibility index (Phi) is 3.94. The molecule has 3 N–H and O–H groups in total. The van der Waals surface area contributed by atoms with Crippen LogP contribution in [0.4, 0.5) is 26.6 Å². The normalized spacial score (nSPS) is 10.5. The highest BCUT2D eigenvalue weighted by atomic mass is 35.5. The first-order chi connectivity index (χ1) is 11.0. The molecule has 0 aliphatic heterocycles. The van der Waals surface area contributed by atoms with Crippen molar-refractivity contribution in [1.29, 1.82) is 0 Å². The summed E-state index contributed by atoms with van der Waals surface area (Å²) in [5.41, 5.74) is 0. The minimum Gasteiger partial charge on any atom is -0.465 e. The molecule has 6 nitrogen and oxygen atoms in total. The first-order valence-corrected chi connectivity index (χ1v) is 6.88. The van der Waals surface area contributed by atoms with E-state index < -0.39 is 11.9 Å². The molecule has 1 amide bonds. The third kappa shape index (κ3) is 3.29. The van der Waals surface area contributed by atoms with Gasteiger partial charge in [-0.2, -0.15) is 0 Å². The van der Waals surface area contributed by atoms with Gasteiger partial charge in [0, 0.05) is 16.6 Å². The molecule has 0 radical (unpaired) electrons. The molecule has 0 bridgehead atoms. The number of carboxylic acid groups (broad SMARTS) is 1. The van der Waals surface area contributed by atoms with E-state index in [1.54, 1.807) is 24.4 Å². The molecule has 1 aromatic carbocycles. The van der Waals surface area contributed by atoms with Crippen LogP contribution in [0, 0.1) is 5.82 Å². The van der Waals surface area contributed by atoms with Crippen molar-refractivity contribution in [1.82, 2.24) is 9.97 Å².